The van der Waals surface area contributed by atoms with Gasteiger partial charge in [0.2, 0.25) is 0 Å². The standard InChI is InChI=1S/C13H24N2O3/c16-13(17)11-8-12(10-14-9-11)18-7-3-6-15-4-1-2-5-15/h11-12,14H,1-10H2,(H,16,17). The van der Waals surface area contributed by atoms with Crippen LogP contribution in [0.2, 0.25) is 0 Å². The Morgan fingerprint density at radius 3 is 2.83 bits per heavy atom. The van der Waals surface area contributed by atoms with Gasteiger partial charge in [-0.2, -0.15) is 0 Å². The van der Waals surface area contributed by atoms with Crippen LogP contribution in [0.1, 0.15) is 25.7 Å². The molecule has 2 rings (SSSR count). The van der Waals surface area contributed by atoms with Crippen LogP contribution in [0.25, 0.3) is 0 Å². The molecule has 0 bridgehead atoms. The Hall–Kier alpha value is -0.650. The maximum absolute atomic E-state index is 10.9. The summed E-state index contributed by atoms with van der Waals surface area (Å²) in [4.78, 5) is 13.4. The molecule has 2 saturated heterocycles. The molecule has 5 nitrogen and oxygen atoms in total. The highest BCUT2D eigenvalue weighted by Gasteiger charge is 2.27. The molecule has 104 valence electrons. The Labute approximate surface area is 108 Å². The maximum Gasteiger partial charge on any atom is 0.307 e. The van der Waals surface area contributed by atoms with Crippen molar-refractivity contribution < 1.29 is 14.6 Å². The highest BCUT2D eigenvalue weighted by atomic mass is 16.5. The van der Waals surface area contributed by atoms with Gasteiger partial charge >= 0.3 is 5.97 Å². The monoisotopic (exact) mass is 256 g/mol. The Balaban J connectivity index is 1.56. The third kappa shape index (κ3) is 4.23. The molecule has 0 aromatic carbocycles. The minimum atomic E-state index is -0.715. The fraction of sp³-hybridized carbons (Fsp3) is 0.923. The Morgan fingerprint density at radius 2 is 2.11 bits per heavy atom. The van der Waals surface area contributed by atoms with Crippen LogP contribution in [0.15, 0.2) is 0 Å². The number of nitrogens with zero attached hydrogens (tertiary/aromatic N) is 1. The second-order valence-corrected chi connectivity index (χ2v) is 5.32. The van der Waals surface area contributed by atoms with Crippen LogP contribution in [0.4, 0.5) is 0 Å². The van der Waals surface area contributed by atoms with E-state index >= 15 is 0 Å². The van der Waals surface area contributed by atoms with Crippen molar-refractivity contribution in [1.82, 2.24) is 10.2 Å². The molecule has 0 saturated carbocycles. The van der Waals surface area contributed by atoms with Gasteiger partial charge < -0.3 is 20.1 Å². The summed E-state index contributed by atoms with van der Waals surface area (Å²) >= 11 is 0. The SMILES string of the molecule is O=C(O)C1CNCC(OCCCN2CCCC2)C1. The first-order valence-electron chi connectivity index (χ1n) is 7.03. The lowest BCUT2D eigenvalue weighted by Gasteiger charge is -2.27. The molecule has 18 heavy (non-hydrogen) atoms. The van der Waals surface area contributed by atoms with Gasteiger partial charge in [-0.3, -0.25) is 4.79 Å². The molecular weight excluding hydrogens is 232 g/mol. The van der Waals surface area contributed by atoms with E-state index in [1.54, 1.807) is 0 Å². The minimum absolute atomic E-state index is 0.0680. The van der Waals surface area contributed by atoms with E-state index in [1.165, 1.54) is 25.9 Å². The van der Waals surface area contributed by atoms with Crippen molar-refractivity contribution in [2.75, 3.05) is 39.3 Å². The lowest BCUT2D eigenvalue weighted by atomic mass is 9.98. The summed E-state index contributed by atoms with van der Waals surface area (Å²) in [6, 6.07) is 0. The second-order valence-electron chi connectivity index (χ2n) is 5.32. The topological polar surface area (TPSA) is 61.8 Å². The van der Waals surface area contributed by atoms with Crippen LogP contribution in [0.5, 0.6) is 0 Å². The minimum Gasteiger partial charge on any atom is -0.481 e. The zero-order valence-corrected chi connectivity index (χ0v) is 10.9. The number of piperidine rings is 1. The number of carboxylic acids is 1. The summed E-state index contributed by atoms with van der Waals surface area (Å²) in [5.74, 6) is -1.00. The summed E-state index contributed by atoms with van der Waals surface area (Å²) in [7, 11) is 0. The normalized spacial score (nSPS) is 29.6. The summed E-state index contributed by atoms with van der Waals surface area (Å²) in [6.45, 7) is 5.67. The molecule has 0 spiro atoms. The third-order valence-corrected chi connectivity index (χ3v) is 3.83. The van der Waals surface area contributed by atoms with Crippen molar-refractivity contribution >= 4 is 5.97 Å². The van der Waals surface area contributed by atoms with Gasteiger partial charge in [-0.05, 0) is 38.8 Å². The quantitative estimate of drug-likeness (QED) is 0.680. The third-order valence-electron chi connectivity index (χ3n) is 3.83. The van der Waals surface area contributed by atoms with E-state index in [0.717, 1.165) is 26.1 Å². The van der Waals surface area contributed by atoms with E-state index < -0.39 is 5.97 Å². The molecule has 0 amide bonds. The molecule has 2 fully saturated rings. The summed E-state index contributed by atoms with van der Waals surface area (Å²) in [6.07, 6.45) is 4.42. The van der Waals surface area contributed by atoms with Crippen molar-refractivity contribution in [3.63, 3.8) is 0 Å². The Bertz CT molecular complexity index is 267. The van der Waals surface area contributed by atoms with Crippen molar-refractivity contribution in [2.24, 2.45) is 5.92 Å². The molecule has 5 heteroatoms. The van der Waals surface area contributed by atoms with E-state index in [2.05, 4.69) is 10.2 Å². The average Bonchev–Trinajstić information content (AvgIpc) is 2.88. The number of rotatable bonds is 6. The van der Waals surface area contributed by atoms with Crippen molar-refractivity contribution in [3.8, 4) is 0 Å². The number of carboxylic acid groups (broad SMARTS) is 1. The number of nitrogens with one attached hydrogen (secondary N) is 1. The van der Waals surface area contributed by atoms with Crippen molar-refractivity contribution in [3.05, 3.63) is 0 Å². The molecule has 2 aliphatic rings. The van der Waals surface area contributed by atoms with Crippen molar-refractivity contribution in [2.45, 2.75) is 31.8 Å². The molecule has 2 N–H and O–H groups in total. The highest BCUT2D eigenvalue weighted by Crippen LogP contribution is 2.14. The Kier molecular flexibility index (Phi) is 5.41. The zero-order valence-electron chi connectivity index (χ0n) is 10.9. The molecule has 0 aliphatic carbocycles. The van der Waals surface area contributed by atoms with Crippen LogP contribution in [0, 0.1) is 5.92 Å². The van der Waals surface area contributed by atoms with E-state index in [0.29, 0.717) is 13.0 Å². The van der Waals surface area contributed by atoms with Gasteiger partial charge in [-0.1, -0.05) is 0 Å². The number of hydrogen-bond donors (Lipinski definition) is 2. The van der Waals surface area contributed by atoms with E-state index in [1.807, 2.05) is 0 Å². The van der Waals surface area contributed by atoms with Gasteiger partial charge in [-0.15, -0.1) is 0 Å². The molecule has 0 aromatic heterocycles. The van der Waals surface area contributed by atoms with E-state index in [9.17, 15) is 4.79 Å². The molecule has 2 aliphatic heterocycles. The molecule has 2 heterocycles. The number of ether oxygens (including phenoxy) is 1. The van der Waals surface area contributed by atoms with Crippen molar-refractivity contribution in [1.29, 1.82) is 0 Å². The fourth-order valence-corrected chi connectivity index (χ4v) is 2.76. The first-order valence-corrected chi connectivity index (χ1v) is 7.03. The van der Waals surface area contributed by atoms with Gasteiger partial charge in [0, 0.05) is 26.2 Å². The van der Waals surface area contributed by atoms with E-state index in [4.69, 9.17) is 9.84 Å². The van der Waals surface area contributed by atoms with Gasteiger partial charge in [-0.25, -0.2) is 0 Å². The van der Waals surface area contributed by atoms with Gasteiger partial charge in [0.1, 0.15) is 0 Å². The molecule has 0 aromatic rings. The second kappa shape index (κ2) is 7.07. The Morgan fingerprint density at radius 1 is 1.33 bits per heavy atom. The number of hydrogen-bond acceptors (Lipinski definition) is 4. The molecular formula is C13H24N2O3. The van der Waals surface area contributed by atoms with Crippen LogP contribution in [-0.4, -0.2) is 61.4 Å². The van der Waals surface area contributed by atoms with Crippen LogP contribution < -0.4 is 5.32 Å². The number of carbonyl (C=O) groups is 1. The molecule has 0 radical (unpaired) electrons. The molecule has 2 atom stereocenters. The van der Waals surface area contributed by atoms with Crippen LogP contribution in [-0.2, 0) is 9.53 Å². The number of likely N-dealkylation sites (tertiary alicyclic amines) is 1. The van der Waals surface area contributed by atoms with Gasteiger partial charge in [0.25, 0.3) is 0 Å². The fourth-order valence-electron chi connectivity index (χ4n) is 2.76. The summed E-state index contributed by atoms with van der Waals surface area (Å²) in [5.41, 5.74) is 0. The number of aliphatic carboxylic acids is 1. The zero-order chi connectivity index (χ0) is 12.8. The predicted molar refractivity (Wildman–Crippen MR) is 68.6 cm³/mol. The maximum atomic E-state index is 10.9. The first kappa shape index (κ1) is 13.8. The lowest BCUT2D eigenvalue weighted by Crippen LogP contribution is -2.43. The highest BCUT2D eigenvalue weighted by molar-refractivity contribution is 5.70. The predicted octanol–water partition coefficient (Wildman–Crippen LogP) is 0.552. The average molecular weight is 256 g/mol. The van der Waals surface area contributed by atoms with Gasteiger partial charge in [0.05, 0.1) is 12.0 Å². The molecule has 2 unspecified atom stereocenters. The largest absolute Gasteiger partial charge is 0.481 e. The summed E-state index contributed by atoms with van der Waals surface area (Å²) < 4.78 is 5.77. The van der Waals surface area contributed by atoms with Crippen LogP contribution in [0.3, 0.4) is 0 Å². The van der Waals surface area contributed by atoms with E-state index in [-0.39, 0.29) is 12.0 Å². The van der Waals surface area contributed by atoms with Crippen LogP contribution >= 0.6 is 0 Å². The first-order chi connectivity index (χ1) is 8.75. The van der Waals surface area contributed by atoms with Gasteiger partial charge in [0.15, 0.2) is 0 Å². The summed E-state index contributed by atoms with van der Waals surface area (Å²) in [5, 5.41) is 12.1. The smallest absolute Gasteiger partial charge is 0.307 e. The lowest BCUT2D eigenvalue weighted by molar-refractivity contribution is -0.144.